The standard InChI is InChI=1S/C21H22O4/c1-24-20(22)19(21(23)25-2)15-18(17-11-7-4-8-12-17)14-13-16-9-5-3-6-10-16/h3-14,18-19H,15H2,1-2H3/b14-13+. The summed E-state index contributed by atoms with van der Waals surface area (Å²) < 4.78 is 9.54. The van der Waals surface area contributed by atoms with Crippen molar-refractivity contribution < 1.29 is 19.1 Å². The number of benzene rings is 2. The molecule has 2 aromatic carbocycles. The van der Waals surface area contributed by atoms with Crippen LogP contribution in [0.1, 0.15) is 23.5 Å². The van der Waals surface area contributed by atoms with Gasteiger partial charge in [0, 0.05) is 5.92 Å². The number of carbonyl (C=O) groups is 2. The lowest BCUT2D eigenvalue weighted by atomic mass is 9.88. The molecule has 0 radical (unpaired) electrons. The summed E-state index contributed by atoms with van der Waals surface area (Å²) in [6.45, 7) is 0. The third-order valence-electron chi connectivity index (χ3n) is 4.01. The van der Waals surface area contributed by atoms with Gasteiger partial charge in [-0.05, 0) is 17.5 Å². The van der Waals surface area contributed by atoms with Gasteiger partial charge in [-0.3, -0.25) is 9.59 Å². The Morgan fingerprint density at radius 2 is 1.40 bits per heavy atom. The Kier molecular flexibility index (Phi) is 6.96. The zero-order chi connectivity index (χ0) is 18.1. The first-order valence-corrected chi connectivity index (χ1v) is 8.09. The number of allylic oxidation sites excluding steroid dienone is 1. The van der Waals surface area contributed by atoms with Crippen molar-refractivity contribution in [1.82, 2.24) is 0 Å². The molecule has 0 bridgehead atoms. The van der Waals surface area contributed by atoms with Gasteiger partial charge < -0.3 is 9.47 Å². The van der Waals surface area contributed by atoms with Gasteiger partial charge in [0.05, 0.1) is 14.2 Å². The summed E-state index contributed by atoms with van der Waals surface area (Å²) in [4.78, 5) is 24.0. The second-order valence-electron chi connectivity index (χ2n) is 5.62. The van der Waals surface area contributed by atoms with Gasteiger partial charge >= 0.3 is 11.9 Å². The van der Waals surface area contributed by atoms with Crippen LogP contribution in [0.5, 0.6) is 0 Å². The molecule has 2 aromatic rings. The summed E-state index contributed by atoms with van der Waals surface area (Å²) in [6.07, 6.45) is 4.28. The summed E-state index contributed by atoms with van der Waals surface area (Å²) in [6, 6.07) is 19.6. The maximum atomic E-state index is 12.0. The minimum Gasteiger partial charge on any atom is -0.468 e. The van der Waals surface area contributed by atoms with E-state index >= 15 is 0 Å². The van der Waals surface area contributed by atoms with E-state index in [0.29, 0.717) is 0 Å². The molecule has 130 valence electrons. The molecule has 0 aliphatic carbocycles. The van der Waals surface area contributed by atoms with Gasteiger partial charge in [0.15, 0.2) is 5.92 Å². The predicted octanol–water partition coefficient (Wildman–Crippen LogP) is 3.84. The summed E-state index contributed by atoms with van der Waals surface area (Å²) in [5.41, 5.74) is 2.07. The lowest BCUT2D eigenvalue weighted by Crippen LogP contribution is -2.28. The fraction of sp³-hybridized carbons (Fsp3) is 0.238. The number of esters is 2. The van der Waals surface area contributed by atoms with E-state index in [0.717, 1.165) is 11.1 Å². The van der Waals surface area contributed by atoms with Crippen molar-refractivity contribution >= 4 is 18.0 Å². The first-order valence-electron chi connectivity index (χ1n) is 8.09. The van der Waals surface area contributed by atoms with Crippen LogP contribution in [0.25, 0.3) is 6.08 Å². The third kappa shape index (κ3) is 5.31. The zero-order valence-electron chi connectivity index (χ0n) is 14.4. The van der Waals surface area contributed by atoms with Crippen LogP contribution in [0.15, 0.2) is 66.7 Å². The average Bonchev–Trinajstić information content (AvgIpc) is 2.68. The van der Waals surface area contributed by atoms with Gasteiger partial charge in [-0.25, -0.2) is 0 Å². The van der Waals surface area contributed by atoms with Gasteiger partial charge in [-0.15, -0.1) is 0 Å². The topological polar surface area (TPSA) is 52.6 Å². The molecule has 0 heterocycles. The van der Waals surface area contributed by atoms with Gasteiger partial charge in [0.25, 0.3) is 0 Å². The lowest BCUT2D eigenvalue weighted by Gasteiger charge is -2.18. The van der Waals surface area contributed by atoms with Crippen molar-refractivity contribution in [2.24, 2.45) is 5.92 Å². The Hall–Kier alpha value is -2.88. The fourth-order valence-corrected chi connectivity index (χ4v) is 2.64. The first kappa shape index (κ1) is 18.5. The zero-order valence-corrected chi connectivity index (χ0v) is 14.4. The Balaban J connectivity index is 2.29. The van der Waals surface area contributed by atoms with E-state index < -0.39 is 17.9 Å². The maximum absolute atomic E-state index is 12.0. The molecule has 0 aliphatic rings. The third-order valence-corrected chi connectivity index (χ3v) is 4.01. The van der Waals surface area contributed by atoms with E-state index in [-0.39, 0.29) is 12.3 Å². The molecule has 1 atom stereocenters. The molecule has 2 rings (SSSR count). The molecule has 0 saturated heterocycles. The Morgan fingerprint density at radius 1 is 0.880 bits per heavy atom. The van der Waals surface area contributed by atoms with Crippen LogP contribution in [-0.4, -0.2) is 26.2 Å². The summed E-state index contributed by atoms with van der Waals surface area (Å²) in [7, 11) is 2.55. The predicted molar refractivity (Wildman–Crippen MR) is 96.8 cm³/mol. The van der Waals surface area contributed by atoms with Crippen LogP contribution in [0.4, 0.5) is 0 Å². The molecular formula is C21H22O4. The molecule has 0 N–H and O–H groups in total. The van der Waals surface area contributed by atoms with E-state index in [4.69, 9.17) is 9.47 Å². The molecule has 0 spiro atoms. The summed E-state index contributed by atoms with van der Waals surface area (Å²) >= 11 is 0. The van der Waals surface area contributed by atoms with E-state index in [1.165, 1.54) is 14.2 Å². The quantitative estimate of drug-likeness (QED) is 0.569. The highest BCUT2D eigenvalue weighted by Gasteiger charge is 2.31. The van der Waals surface area contributed by atoms with Crippen LogP contribution in [0.2, 0.25) is 0 Å². The minimum absolute atomic E-state index is 0.121. The summed E-state index contributed by atoms with van der Waals surface area (Å²) in [5, 5.41) is 0. The minimum atomic E-state index is -0.958. The number of ether oxygens (including phenoxy) is 2. The smallest absolute Gasteiger partial charge is 0.320 e. The number of hydrogen-bond donors (Lipinski definition) is 0. The van der Waals surface area contributed by atoms with Crippen LogP contribution in [0.3, 0.4) is 0 Å². The van der Waals surface area contributed by atoms with E-state index in [1.54, 1.807) is 0 Å². The van der Waals surface area contributed by atoms with Gasteiger partial charge in [0.1, 0.15) is 0 Å². The molecule has 0 amide bonds. The summed E-state index contributed by atoms with van der Waals surface area (Å²) in [5.74, 6) is -2.24. The number of hydrogen-bond acceptors (Lipinski definition) is 4. The monoisotopic (exact) mass is 338 g/mol. The van der Waals surface area contributed by atoms with E-state index in [2.05, 4.69) is 0 Å². The second kappa shape index (κ2) is 9.42. The molecule has 0 fully saturated rings. The van der Waals surface area contributed by atoms with Crippen LogP contribution in [-0.2, 0) is 19.1 Å². The SMILES string of the molecule is COC(=O)C(CC(/C=C/c1ccccc1)c1ccccc1)C(=O)OC. The highest BCUT2D eigenvalue weighted by Crippen LogP contribution is 2.27. The van der Waals surface area contributed by atoms with Gasteiger partial charge in [0.2, 0.25) is 0 Å². The largest absolute Gasteiger partial charge is 0.468 e. The molecule has 4 nitrogen and oxygen atoms in total. The van der Waals surface area contributed by atoms with E-state index in [1.807, 2.05) is 72.8 Å². The molecule has 4 heteroatoms. The lowest BCUT2D eigenvalue weighted by molar-refractivity contribution is -0.159. The normalized spacial score (nSPS) is 12.1. The van der Waals surface area contributed by atoms with Crippen LogP contribution >= 0.6 is 0 Å². The van der Waals surface area contributed by atoms with E-state index in [9.17, 15) is 9.59 Å². The molecule has 0 aliphatic heterocycles. The van der Waals surface area contributed by atoms with Crippen molar-refractivity contribution in [2.75, 3.05) is 14.2 Å². The Morgan fingerprint density at radius 3 is 1.92 bits per heavy atom. The van der Waals surface area contributed by atoms with Crippen molar-refractivity contribution in [3.05, 3.63) is 77.9 Å². The van der Waals surface area contributed by atoms with Crippen molar-refractivity contribution in [3.8, 4) is 0 Å². The molecular weight excluding hydrogens is 316 g/mol. The Bertz CT molecular complexity index is 691. The first-order chi connectivity index (χ1) is 12.2. The fourth-order valence-electron chi connectivity index (χ4n) is 2.64. The highest BCUT2D eigenvalue weighted by molar-refractivity contribution is 5.94. The Labute approximate surface area is 148 Å². The molecule has 1 unspecified atom stereocenters. The molecule has 0 aromatic heterocycles. The average molecular weight is 338 g/mol. The van der Waals surface area contributed by atoms with Crippen LogP contribution in [0, 0.1) is 5.92 Å². The maximum Gasteiger partial charge on any atom is 0.320 e. The van der Waals surface area contributed by atoms with Crippen molar-refractivity contribution in [1.29, 1.82) is 0 Å². The van der Waals surface area contributed by atoms with Gasteiger partial charge in [-0.1, -0.05) is 72.8 Å². The van der Waals surface area contributed by atoms with Crippen LogP contribution < -0.4 is 0 Å². The van der Waals surface area contributed by atoms with Gasteiger partial charge in [-0.2, -0.15) is 0 Å². The number of carbonyl (C=O) groups excluding carboxylic acids is 2. The van der Waals surface area contributed by atoms with Crippen molar-refractivity contribution in [2.45, 2.75) is 12.3 Å². The molecule has 0 saturated carbocycles. The number of rotatable bonds is 7. The number of methoxy groups -OCH3 is 2. The molecule has 25 heavy (non-hydrogen) atoms. The highest BCUT2D eigenvalue weighted by atomic mass is 16.5. The van der Waals surface area contributed by atoms with Crippen molar-refractivity contribution in [3.63, 3.8) is 0 Å². The second-order valence-corrected chi connectivity index (χ2v) is 5.62.